The van der Waals surface area contributed by atoms with Crippen molar-refractivity contribution in [3.63, 3.8) is 0 Å². The molecule has 6 nitrogen and oxygen atoms in total. The van der Waals surface area contributed by atoms with Crippen LogP contribution >= 0.6 is 0 Å². The summed E-state index contributed by atoms with van der Waals surface area (Å²) in [6.45, 7) is 15.0. The average Bonchev–Trinajstić information content (AvgIpc) is 3.20. The Kier molecular flexibility index (Phi) is 8.15. The van der Waals surface area contributed by atoms with Gasteiger partial charge in [-0.25, -0.2) is 4.68 Å². The summed E-state index contributed by atoms with van der Waals surface area (Å²) in [6, 6.07) is 17.4. The van der Waals surface area contributed by atoms with Gasteiger partial charge >= 0.3 is 0 Å². The maximum atomic E-state index is 13.4. The number of benzene rings is 2. The molecule has 0 unspecified atom stereocenters. The minimum atomic E-state index is -0.245. The molecular formula is C29H38N4O2. The van der Waals surface area contributed by atoms with E-state index in [1.165, 1.54) is 0 Å². The molecule has 0 radical (unpaired) electrons. The summed E-state index contributed by atoms with van der Waals surface area (Å²) in [6.07, 6.45) is 0.820. The molecule has 1 aromatic heterocycles. The van der Waals surface area contributed by atoms with Crippen molar-refractivity contribution in [1.82, 2.24) is 14.7 Å². The molecule has 0 spiro atoms. The SMILES string of the molecule is Cc1ccccc1C(=O)N(CCC(C)C)CC(=O)Nc1cc(C(C)(C)C)nn1-c1ccccc1C. The van der Waals surface area contributed by atoms with Crippen molar-refractivity contribution in [3.05, 3.63) is 77.0 Å². The average molecular weight is 475 g/mol. The molecule has 0 saturated carbocycles. The Labute approximate surface area is 209 Å². The summed E-state index contributed by atoms with van der Waals surface area (Å²) in [5.41, 5.74) is 4.19. The van der Waals surface area contributed by atoms with Crippen LogP contribution in [0.25, 0.3) is 5.69 Å². The molecular weight excluding hydrogens is 436 g/mol. The lowest BCUT2D eigenvalue weighted by Gasteiger charge is -2.24. The highest BCUT2D eigenvalue weighted by Crippen LogP contribution is 2.27. The minimum Gasteiger partial charge on any atom is -0.329 e. The first kappa shape index (κ1) is 26.2. The number of nitrogens with one attached hydrogen (secondary N) is 1. The Morgan fingerprint density at radius 1 is 1.00 bits per heavy atom. The molecule has 2 amide bonds. The van der Waals surface area contributed by atoms with Gasteiger partial charge in [-0.3, -0.25) is 9.59 Å². The number of anilines is 1. The zero-order valence-corrected chi connectivity index (χ0v) is 22.1. The number of aromatic nitrogens is 2. The van der Waals surface area contributed by atoms with Crippen molar-refractivity contribution in [2.45, 2.75) is 60.3 Å². The summed E-state index contributed by atoms with van der Waals surface area (Å²) in [7, 11) is 0. The topological polar surface area (TPSA) is 67.2 Å². The Hall–Kier alpha value is -3.41. The normalized spacial score (nSPS) is 11.5. The predicted octanol–water partition coefficient (Wildman–Crippen LogP) is 5.91. The van der Waals surface area contributed by atoms with Crippen LogP contribution in [0.1, 0.15) is 68.2 Å². The lowest BCUT2D eigenvalue weighted by atomic mass is 9.92. The first-order valence-corrected chi connectivity index (χ1v) is 12.3. The predicted molar refractivity (Wildman–Crippen MR) is 142 cm³/mol. The molecule has 3 aromatic rings. The highest BCUT2D eigenvalue weighted by molar-refractivity contribution is 6.00. The van der Waals surface area contributed by atoms with E-state index in [4.69, 9.17) is 5.10 Å². The van der Waals surface area contributed by atoms with Crippen LogP contribution in [0.5, 0.6) is 0 Å². The van der Waals surface area contributed by atoms with Crippen LogP contribution in [-0.2, 0) is 10.2 Å². The second kappa shape index (κ2) is 10.9. The first-order valence-electron chi connectivity index (χ1n) is 12.3. The molecule has 0 fully saturated rings. The van der Waals surface area contributed by atoms with E-state index < -0.39 is 0 Å². The smallest absolute Gasteiger partial charge is 0.254 e. The third-order valence-electron chi connectivity index (χ3n) is 6.06. The van der Waals surface area contributed by atoms with Gasteiger partial charge in [-0.2, -0.15) is 5.10 Å². The fraction of sp³-hybridized carbons (Fsp3) is 0.414. The maximum Gasteiger partial charge on any atom is 0.254 e. The minimum absolute atomic E-state index is 0.0241. The van der Waals surface area contributed by atoms with E-state index in [0.29, 0.717) is 23.8 Å². The zero-order valence-electron chi connectivity index (χ0n) is 22.1. The van der Waals surface area contributed by atoms with E-state index in [9.17, 15) is 9.59 Å². The van der Waals surface area contributed by atoms with E-state index in [-0.39, 0.29) is 23.8 Å². The molecule has 0 saturated heterocycles. The number of para-hydroxylation sites is 1. The standard InChI is InChI=1S/C29H38N4O2/c1-20(2)16-17-32(28(35)23-14-10-8-12-21(23)3)19-27(34)30-26-18-25(29(5,6)7)31-33(26)24-15-11-9-13-22(24)4/h8-15,18,20H,16-17,19H2,1-7H3,(H,30,34). The molecule has 35 heavy (non-hydrogen) atoms. The van der Waals surface area contributed by atoms with Gasteiger partial charge in [-0.15, -0.1) is 0 Å². The lowest BCUT2D eigenvalue weighted by molar-refractivity contribution is -0.117. The van der Waals surface area contributed by atoms with E-state index in [1.54, 1.807) is 9.58 Å². The van der Waals surface area contributed by atoms with Crippen molar-refractivity contribution in [2.75, 3.05) is 18.4 Å². The van der Waals surface area contributed by atoms with Crippen LogP contribution in [0.4, 0.5) is 5.82 Å². The monoisotopic (exact) mass is 474 g/mol. The number of amides is 2. The Bertz CT molecular complexity index is 1190. The van der Waals surface area contributed by atoms with Crippen LogP contribution in [0.15, 0.2) is 54.6 Å². The highest BCUT2D eigenvalue weighted by atomic mass is 16.2. The van der Waals surface area contributed by atoms with Gasteiger partial charge < -0.3 is 10.2 Å². The van der Waals surface area contributed by atoms with Crippen molar-refractivity contribution in [2.24, 2.45) is 5.92 Å². The highest BCUT2D eigenvalue weighted by Gasteiger charge is 2.24. The second-order valence-corrected chi connectivity index (χ2v) is 10.6. The van der Waals surface area contributed by atoms with Crippen LogP contribution in [0, 0.1) is 19.8 Å². The number of carbonyl (C=O) groups excluding carboxylic acids is 2. The van der Waals surface area contributed by atoms with E-state index >= 15 is 0 Å². The van der Waals surface area contributed by atoms with Gasteiger partial charge in [-0.1, -0.05) is 71.0 Å². The number of nitrogens with zero attached hydrogens (tertiary/aromatic N) is 3. The second-order valence-electron chi connectivity index (χ2n) is 10.6. The first-order chi connectivity index (χ1) is 16.5. The number of carbonyl (C=O) groups is 2. The van der Waals surface area contributed by atoms with E-state index in [0.717, 1.165) is 28.9 Å². The quantitative estimate of drug-likeness (QED) is 0.441. The van der Waals surface area contributed by atoms with E-state index in [1.807, 2.05) is 68.4 Å². The van der Waals surface area contributed by atoms with Gasteiger partial charge in [0.1, 0.15) is 12.4 Å². The van der Waals surface area contributed by atoms with Crippen LogP contribution in [-0.4, -0.2) is 39.6 Å². The van der Waals surface area contributed by atoms with Crippen molar-refractivity contribution < 1.29 is 9.59 Å². The Morgan fingerprint density at radius 2 is 1.63 bits per heavy atom. The van der Waals surface area contributed by atoms with Gasteiger partial charge in [0.2, 0.25) is 5.91 Å². The molecule has 0 bridgehead atoms. The molecule has 1 N–H and O–H groups in total. The molecule has 0 aliphatic heterocycles. The molecule has 0 atom stereocenters. The van der Waals surface area contributed by atoms with Gasteiger partial charge in [0.15, 0.2) is 0 Å². The van der Waals surface area contributed by atoms with Crippen molar-refractivity contribution >= 4 is 17.6 Å². The van der Waals surface area contributed by atoms with Crippen LogP contribution < -0.4 is 5.32 Å². The summed E-state index contributed by atoms with van der Waals surface area (Å²) in [4.78, 5) is 28.3. The summed E-state index contributed by atoms with van der Waals surface area (Å²) >= 11 is 0. The van der Waals surface area contributed by atoms with Crippen LogP contribution in [0.3, 0.4) is 0 Å². The Morgan fingerprint density at radius 3 is 2.23 bits per heavy atom. The molecule has 186 valence electrons. The van der Waals surface area contributed by atoms with Gasteiger partial charge in [0.25, 0.3) is 5.91 Å². The zero-order chi connectivity index (χ0) is 25.8. The van der Waals surface area contributed by atoms with Crippen molar-refractivity contribution in [1.29, 1.82) is 0 Å². The lowest BCUT2D eigenvalue weighted by Crippen LogP contribution is -2.39. The van der Waals surface area contributed by atoms with Gasteiger partial charge in [0, 0.05) is 23.6 Å². The van der Waals surface area contributed by atoms with E-state index in [2.05, 4.69) is 39.9 Å². The maximum absolute atomic E-state index is 13.4. The summed E-state index contributed by atoms with van der Waals surface area (Å²) < 4.78 is 1.79. The largest absolute Gasteiger partial charge is 0.329 e. The molecule has 3 rings (SSSR count). The summed E-state index contributed by atoms with van der Waals surface area (Å²) in [5.74, 6) is 0.649. The molecule has 2 aromatic carbocycles. The Balaban J connectivity index is 1.89. The molecule has 0 aliphatic carbocycles. The number of hydrogen-bond donors (Lipinski definition) is 1. The number of rotatable bonds is 8. The van der Waals surface area contributed by atoms with Gasteiger partial charge in [0.05, 0.1) is 11.4 Å². The number of aryl methyl sites for hydroxylation is 2. The fourth-order valence-electron chi connectivity index (χ4n) is 3.83. The summed E-state index contributed by atoms with van der Waals surface area (Å²) in [5, 5.41) is 7.86. The number of hydrogen-bond acceptors (Lipinski definition) is 3. The molecule has 0 aliphatic rings. The van der Waals surface area contributed by atoms with Crippen molar-refractivity contribution in [3.8, 4) is 5.69 Å². The van der Waals surface area contributed by atoms with Crippen LogP contribution in [0.2, 0.25) is 0 Å². The third-order valence-corrected chi connectivity index (χ3v) is 6.06. The van der Waals surface area contributed by atoms with Gasteiger partial charge in [-0.05, 0) is 49.4 Å². The molecule has 1 heterocycles. The molecule has 6 heteroatoms. The fourth-order valence-corrected chi connectivity index (χ4v) is 3.83. The third kappa shape index (κ3) is 6.59.